The molecule has 1 atom stereocenters. The Morgan fingerprint density at radius 1 is 0.864 bits per heavy atom. The van der Waals surface area contributed by atoms with E-state index >= 15 is 0 Å². The molecule has 1 aliphatic carbocycles. The first-order valence-electron chi connectivity index (χ1n) is 8.51. The molecule has 1 N–H and O–H groups in total. The minimum Gasteiger partial charge on any atom is -0.508 e. The van der Waals surface area contributed by atoms with Crippen LogP contribution in [0.5, 0.6) is 5.75 Å². The monoisotopic (exact) mass is 298 g/mol. The van der Waals surface area contributed by atoms with Crippen LogP contribution in [0.4, 0.5) is 0 Å². The lowest BCUT2D eigenvalue weighted by Gasteiger charge is -2.25. The van der Waals surface area contributed by atoms with Gasteiger partial charge in [0.2, 0.25) is 0 Å². The van der Waals surface area contributed by atoms with Gasteiger partial charge in [0.05, 0.1) is 0 Å². The zero-order valence-corrected chi connectivity index (χ0v) is 14.9. The van der Waals surface area contributed by atoms with Gasteiger partial charge in [0.25, 0.3) is 0 Å². The molecule has 3 rings (SSSR count). The van der Waals surface area contributed by atoms with Gasteiger partial charge < -0.3 is 5.11 Å². The van der Waals surface area contributed by atoms with Crippen LogP contribution < -0.4 is 0 Å². The Morgan fingerprint density at radius 3 is 2.00 bits per heavy atom. The molecule has 0 saturated heterocycles. The van der Waals surface area contributed by atoms with Crippen LogP contribution >= 0.6 is 0 Å². The van der Waals surface area contributed by atoms with Gasteiger partial charge >= 0.3 is 0 Å². The largest absolute Gasteiger partial charge is 0.508 e. The molecule has 0 saturated carbocycles. The number of hydrogen-bond donors (Lipinski definition) is 1. The predicted octanol–water partition coefficient (Wildman–Crippen LogP) is 6.53. The van der Waals surface area contributed by atoms with E-state index in [1.165, 1.54) is 28.7 Å². The second-order valence-electron chi connectivity index (χ2n) is 5.67. The molecule has 22 heavy (non-hydrogen) atoms. The number of phenols is 1. The van der Waals surface area contributed by atoms with E-state index in [0.29, 0.717) is 5.75 Å². The van der Waals surface area contributed by atoms with E-state index < -0.39 is 0 Å². The third-order valence-corrected chi connectivity index (χ3v) is 4.12. The molecule has 2 aromatic rings. The summed E-state index contributed by atoms with van der Waals surface area (Å²) in [6, 6.07) is 14.2. The van der Waals surface area contributed by atoms with Crippen LogP contribution in [0.1, 0.15) is 65.5 Å². The summed E-state index contributed by atoms with van der Waals surface area (Å²) in [5.41, 5.74) is 5.24. The third kappa shape index (κ3) is 3.19. The first-order chi connectivity index (χ1) is 10.6. The maximum atomic E-state index is 9.66. The molecule has 1 aliphatic rings. The van der Waals surface area contributed by atoms with Crippen molar-refractivity contribution in [3.63, 3.8) is 0 Å². The molecule has 0 aliphatic heterocycles. The molecular weight excluding hydrogens is 268 g/mol. The summed E-state index contributed by atoms with van der Waals surface area (Å²) in [5, 5.41) is 9.66. The molecule has 120 valence electrons. The van der Waals surface area contributed by atoms with Crippen LogP contribution in [0, 0.1) is 0 Å². The van der Waals surface area contributed by atoms with Crippen molar-refractivity contribution >= 4 is 0 Å². The molecule has 0 amide bonds. The quantitative estimate of drug-likeness (QED) is 0.634. The molecule has 1 heteroatoms. The number of hydrogen-bond acceptors (Lipinski definition) is 1. The van der Waals surface area contributed by atoms with E-state index in [1.54, 1.807) is 6.07 Å². The van der Waals surface area contributed by atoms with E-state index in [2.05, 4.69) is 58.0 Å². The minimum atomic E-state index is 0.0830. The molecule has 0 fully saturated rings. The van der Waals surface area contributed by atoms with Crippen molar-refractivity contribution in [1.29, 1.82) is 0 Å². The highest BCUT2D eigenvalue weighted by Crippen LogP contribution is 2.51. The van der Waals surface area contributed by atoms with Crippen LogP contribution in [0.2, 0.25) is 0 Å². The Hall–Kier alpha value is -1.76. The normalized spacial score (nSPS) is 17.4. The zero-order chi connectivity index (χ0) is 16.8. The van der Waals surface area contributed by atoms with Crippen LogP contribution in [-0.2, 0) is 5.41 Å². The molecule has 0 spiro atoms. The van der Waals surface area contributed by atoms with E-state index in [-0.39, 0.29) is 5.41 Å². The molecule has 0 aromatic heterocycles. The molecule has 0 radical (unpaired) electrons. The first-order valence-corrected chi connectivity index (χ1v) is 8.51. The topological polar surface area (TPSA) is 20.2 Å². The van der Waals surface area contributed by atoms with Crippen molar-refractivity contribution < 1.29 is 5.11 Å². The summed E-state index contributed by atoms with van der Waals surface area (Å²) in [5.74, 6) is 0.346. The van der Waals surface area contributed by atoms with Crippen LogP contribution in [0.15, 0.2) is 42.5 Å². The summed E-state index contributed by atoms with van der Waals surface area (Å²) in [6.45, 7) is 12.8. The SMILES string of the molecule is CC.CCC.CCC1(C)c2ccccc2-c2cc(O)ccc21. The molecule has 0 heterocycles. The fourth-order valence-electron chi connectivity index (χ4n) is 2.96. The van der Waals surface area contributed by atoms with Gasteiger partial charge in [-0.3, -0.25) is 0 Å². The molecule has 1 nitrogen and oxygen atoms in total. The minimum absolute atomic E-state index is 0.0830. The first kappa shape index (κ1) is 18.3. The van der Waals surface area contributed by atoms with Crippen molar-refractivity contribution in [2.75, 3.05) is 0 Å². The van der Waals surface area contributed by atoms with Gasteiger partial charge in [0.1, 0.15) is 5.75 Å². The van der Waals surface area contributed by atoms with Gasteiger partial charge in [0, 0.05) is 5.41 Å². The van der Waals surface area contributed by atoms with Crippen molar-refractivity contribution in [2.24, 2.45) is 0 Å². The number of phenolic OH excluding ortho intramolecular Hbond substituents is 1. The van der Waals surface area contributed by atoms with Crippen LogP contribution in [0.3, 0.4) is 0 Å². The number of aromatic hydroxyl groups is 1. The Bertz CT molecular complexity index is 601. The van der Waals surface area contributed by atoms with Crippen molar-refractivity contribution in [1.82, 2.24) is 0 Å². The lowest BCUT2D eigenvalue weighted by Crippen LogP contribution is -2.18. The molecule has 0 bridgehead atoms. The third-order valence-electron chi connectivity index (χ3n) is 4.12. The van der Waals surface area contributed by atoms with Gasteiger partial charge in [-0.25, -0.2) is 0 Å². The van der Waals surface area contributed by atoms with Gasteiger partial charge in [-0.15, -0.1) is 0 Å². The number of rotatable bonds is 1. The maximum Gasteiger partial charge on any atom is 0.116 e. The summed E-state index contributed by atoms with van der Waals surface area (Å²) in [7, 11) is 0. The zero-order valence-electron chi connectivity index (χ0n) is 14.9. The molecule has 2 aromatic carbocycles. The lowest BCUT2D eigenvalue weighted by molar-refractivity contribution is 0.474. The van der Waals surface area contributed by atoms with Crippen molar-refractivity contribution in [2.45, 2.75) is 59.8 Å². The van der Waals surface area contributed by atoms with Crippen LogP contribution in [-0.4, -0.2) is 5.11 Å². The Kier molecular flexibility index (Phi) is 6.67. The van der Waals surface area contributed by atoms with E-state index in [9.17, 15) is 5.11 Å². The predicted molar refractivity (Wildman–Crippen MR) is 97.6 cm³/mol. The van der Waals surface area contributed by atoms with E-state index in [0.717, 1.165) is 6.42 Å². The Morgan fingerprint density at radius 2 is 1.41 bits per heavy atom. The average molecular weight is 298 g/mol. The second-order valence-corrected chi connectivity index (χ2v) is 5.67. The van der Waals surface area contributed by atoms with Gasteiger partial charge in [-0.1, -0.05) is 78.3 Å². The summed E-state index contributed by atoms with van der Waals surface area (Å²) < 4.78 is 0. The highest BCUT2D eigenvalue weighted by Gasteiger charge is 2.37. The molecular formula is C21H30O. The van der Waals surface area contributed by atoms with Gasteiger partial charge in [-0.05, 0) is 40.8 Å². The Balaban J connectivity index is 0.000000435. The summed E-state index contributed by atoms with van der Waals surface area (Å²) >= 11 is 0. The van der Waals surface area contributed by atoms with E-state index in [1.807, 2.05) is 19.9 Å². The van der Waals surface area contributed by atoms with Gasteiger partial charge in [-0.2, -0.15) is 0 Å². The average Bonchev–Trinajstić information content (AvgIpc) is 2.80. The van der Waals surface area contributed by atoms with Crippen molar-refractivity contribution in [3.8, 4) is 16.9 Å². The van der Waals surface area contributed by atoms with Crippen LogP contribution in [0.25, 0.3) is 11.1 Å². The number of fused-ring (bicyclic) bond motifs is 3. The maximum absolute atomic E-state index is 9.66. The molecule has 1 unspecified atom stereocenters. The highest BCUT2D eigenvalue weighted by atomic mass is 16.3. The number of benzene rings is 2. The fourth-order valence-corrected chi connectivity index (χ4v) is 2.96. The summed E-state index contributed by atoms with van der Waals surface area (Å²) in [4.78, 5) is 0. The Labute approximate surface area is 136 Å². The van der Waals surface area contributed by atoms with E-state index in [4.69, 9.17) is 0 Å². The smallest absolute Gasteiger partial charge is 0.116 e. The van der Waals surface area contributed by atoms with Crippen molar-refractivity contribution in [3.05, 3.63) is 53.6 Å². The lowest BCUT2D eigenvalue weighted by atomic mass is 9.78. The summed E-state index contributed by atoms with van der Waals surface area (Å²) in [6.07, 6.45) is 2.32. The highest BCUT2D eigenvalue weighted by molar-refractivity contribution is 5.81. The second kappa shape index (κ2) is 8.03. The van der Waals surface area contributed by atoms with Gasteiger partial charge in [0.15, 0.2) is 0 Å². The fraction of sp³-hybridized carbons (Fsp3) is 0.429. The standard InChI is InChI=1S/C16H16O.C3H8.C2H6/c1-3-16(2)14-7-5-4-6-12(14)13-10-11(17)8-9-15(13)16;1-3-2;1-2/h4-10,17H,3H2,1-2H3;3H2,1-2H3;1-2H3.